The monoisotopic (exact) mass is 301 g/mol. The van der Waals surface area contributed by atoms with Gasteiger partial charge in [-0.05, 0) is 36.7 Å². The first-order valence-corrected chi connectivity index (χ1v) is 6.60. The second kappa shape index (κ2) is 4.64. The molecule has 4 heteroatoms. The van der Waals surface area contributed by atoms with Crippen molar-refractivity contribution in [1.82, 2.24) is 4.37 Å². The van der Waals surface area contributed by atoms with Gasteiger partial charge in [-0.25, -0.2) is 0 Å². The summed E-state index contributed by atoms with van der Waals surface area (Å²) >= 11 is 10.9. The molecule has 2 aromatic rings. The van der Waals surface area contributed by atoms with Crippen molar-refractivity contribution < 1.29 is 0 Å². The van der Waals surface area contributed by atoms with Crippen LogP contribution >= 0.6 is 39.1 Å². The highest BCUT2D eigenvalue weighted by molar-refractivity contribution is 9.09. The minimum atomic E-state index is 0.357. The molecule has 0 aliphatic rings. The fourth-order valence-corrected chi connectivity index (χ4v) is 2.41. The van der Waals surface area contributed by atoms with Crippen molar-refractivity contribution in [3.63, 3.8) is 0 Å². The molecule has 0 bridgehead atoms. The predicted molar refractivity (Wildman–Crippen MR) is 69.9 cm³/mol. The van der Waals surface area contributed by atoms with Crippen LogP contribution in [0.1, 0.15) is 16.6 Å². The molecule has 1 heterocycles. The topological polar surface area (TPSA) is 12.9 Å². The van der Waals surface area contributed by atoms with Gasteiger partial charge in [0.1, 0.15) is 0 Å². The molecule has 15 heavy (non-hydrogen) atoms. The first-order chi connectivity index (χ1) is 7.16. The van der Waals surface area contributed by atoms with Gasteiger partial charge < -0.3 is 0 Å². The Morgan fingerprint density at radius 2 is 2.00 bits per heavy atom. The molecular formula is C11H9BrClNS. The van der Waals surface area contributed by atoms with E-state index in [-0.39, 0.29) is 0 Å². The number of nitrogens with zero attached hydrogens (tertiary/aromatic N) is 1. The minimum absolute atomic E-state index is 0.357. The zero-order valence-corrected chi connectivity index (χ0v) is 11.2. The highest BCUT2D eigenvalue weighted by Gasteiger charge is 2.07. The Morgan fingerprint density at radius 3 is 2.53 bits per heavy atom. The molecular weight excluding hydrogens is 294 g/mol. The van der Waals surface area contributed by atoms with Crippen molar-refractivity contribution in [2.75, 3.05) is 0 Å². The summed E-state index contributed by atoms with van der Waals surface area (Å²) in [5.41, 5.74) is 2.12. The van der Waals surface area contributed by atoms with E-state index < -0.39 is 0 Å². The van der Waals surface area contributed by atoms with Crippen LogP contribution in [0, 0.1) is 0 Å². The van der Waals surface area contributed by atoms with Gasteiger partial charge in [0.05, 0.1) is 5.69 Å². The molecule has 0 amide bonds. The summed E-state index contributed by atoms with van der Waals surface area (Å²) in [6, 6.07) is 9.84. The normalized spacial score (nSPS) is 12.7. The lowest BCUT2D eigenvalue weighted by Gasteiger charge is -1.96. The maximum Gasteiger partial charge on any atom is 0.0843 e. The van der Waals surface area contributed by atoms with E-state index in [9.17, 15) is 0 Å². The summed E-state index contributed by atoms with van der Waals surface area (Å²) in [6.45, 7) is 2.10. The van der Waals surface area contributed by atoms with Crippen molar-refractivity contribution in [3.8, 4) is 11.3 Å². The first kappa shape index (κ1) is 11.1. The Balaban J connectivity index is 2.33. The van der Waals surface area contributed by atoms with Crippen LogP contribution in [-0.4, -0.2) is 4.37 Å². The van der Waals surface area contributed by atoms with Crippen molar-refractivity contribution >= 4 is 39.1 Å². The highest BCUT2D eigenvalue weighted by Crippen LogP contribution is 2.30. The molecule has 78 valence electrons. The van der Waals surface area contributed by atoms with Gasteiger partial charge in [-0.15, -0.1) is 0 Å². The molecule has 1 unspecified atom stereocenters. The van der Waals surface area contributed by atoms with Gasteiger partial charge in [-0.2, -0.15) is 4.37 Å². The molecule has 0 radical (unpaired) electrons. The number of rotatable bonds is 2. The van der Waals surface area contributed by atoms with Gasteiger partial charge in [0.25, 0.3) is 0 Å². The Morgan fingerprint density at radius 1 is 1.33 bits per heavy atom. The minimum Gasteiger partial charge on any atom is -0.192 e. The SMILES string of the molecule is CC(Br)c1cc(-c2ccc(Cl)cc2)ns1. The van der Waals surface area contributed by atoms with Gasteiger partial charge in [-0.3, -0.25) is 0 Å². The summed E-state index contributed by atoms with van der Waals surface area (Å²) in [4.78, 5) is 1.59. The Kier molecular flexibility index (Phi) is 3.44. The van der Waals surface area contributed by atoms with Crippen molar-refractivity contribution in [1.29, 1.82) is 0 Å². The van der Waals surface area contributed by atoms with E-state index in [1.54, 1.807) is 0 Å². The molecule has 1 aromatic heterocycles. The van der Waals surface area contributed by atoms with E-state index in [0.29, 0.717) is 4.83 Å². The smallest absolute Gasteiger partial charge is 0.0843 e. The average Bonchev–Trinajstić information content (AvgIpc) is 2.68. The van der Waals surface area contributed by atoms with E-state index in [1.165, 1.54) is 16.4 Å². The molecule has 1 aromatic carbocycles. The molecule has 0 saturated heterocycles. The average molecular weight is 303 g/mol. The standard InChI is InChI=1S/C11H9BrClNS/c1-7(12)11-6-10(14-15-11)8-2-4-9(13)5-3-8/h2-7H,1H3. The molecule has 0 aliphatic heterocycles. The second-order valence-corrected chi connectivity index (χ2v) is 5.88. The third-order valence-corrected chi connectivity index (χ3v) is 4.08. The van der Waals surface area contributed by atoms with Crippen LogP contribution in [0.3, 0.4) is 0 Å². The fraction of sp³-hybridized carbons (Fsp3) is 0.182. The van der Waals surface area contributed by atoms with E-state index in [4.69, 9.17) is 11.6 Å². The van der Waals surface area contributed by atoms with E-state index in [0.717, 1.165) is 16.3 Å². The van der Waals surface area contributed by atoms with E-state index >= 15 is 0 Å². The van der Waals surface area contributed by atoms with Crippen LogP contribution in [0.25, 0.3) is 11.3 Å². The van der Waals surface area contributed by atoms with Crippen molar-refractivity contribution in [3.05, 3.63) is 40.2 Å². The largest absolute Gasteiger partial charge is 0.192 e. The van der Waals surface area contributed by atoms with Crippen LogP contribution in [0.5, 0.6) is 0 Å². The van der Waals surface area contributed by atoms with Crippen LogP contribution in [0.2, 0.25) is 5.02 Å². The summed E-state index contributed by atoms with van der Waals surface area (Å²) in [6.07, 6.45) is 0. The third kappa shape index (κ3) is 2.60. The maximum atomic E-state index is 5.83. The molecule has 0 aliphatic carbocycles. The van der Waals surface area contributed by atoms with Crippen LogP contribution in [0.4, 0.5) is 0 Å². The summed E-state index contributed by atoms with van der Waals surface area (Å²) < 4.78 is 4.41. The molecule has 1 atom stereocenters. The first-order valence-electron chi connectivity index (χ1n) is 4.53. The molecule has 0 spiro atoms. The lowest BCUT2D eigenvalue weighted by atomic mass is 10.1. The number of hydrogen-bond donors (Lipinski definition) is 0. The number of benzene rings is 1. The number of alkyl halides is 1. The predicted octanol–water partition coefficient (Wildman–Crippen LogP) is 4.92. The molecule has 2 rings (SSSR count). The zero-order valence-electron chi connectivity index (χ0n) is 8.08. The highest BCUT2D eigenvalue weighted by atomic mass is 79.9. The van der Waals surface area contributed by atoms with Crippen LogP contribution < -0.4 is 0 Å². The Hall–Kier alpha value is -0.380. The van der Waals surface area contributed by atoms with Crippen molar-refractivity contribution in [2.45, 2.75) is 11.8 Å². The van der Waals surface area contributed by atoms with Crippen LogP contribution in [0.15, 0.2) is 30.3 Å². The lowest BCUT2D eigenvalue weighted by Crippen LogP contribution is -1.76. The van der Waals surface area contributed by atoms with Crippen LogP contribution in [-0.2, 0) is 0 Å². The summed E-state index contributed by atoms with van der Waals surface area (Å²) in [7, 11) is 0. The molecule has 1 nitrogen and oxygen atoms in total. The number of halogens is 2. The number of aromatic nitrogens is 1. The molecule has 0 N–H and O–H groups in total. The maximum absolute atomic E-state index is 5.83. The lowest BCUT2D eigenvalue weighted by molar-refractivity contribution is 1.17. The zero-order chi connectivity index (χ0) is 10.8. The van der Waals surface area contributed by atoms with Crippen molar-refractivity contribution in [2.24, 2.45) is 0 Å². The van der Waals surface area contributed by atoms with E-state index in [2.05, 4.69) is 33.3 Å². The van der Waals surface area contributed by atoms with E-state index in [1.807, 2.05) is 24.3 Å². The molecule has 0 fully saturated rings. The Bertz CT molecular complexity index is 450. The van der Waals surface area contributed by atoms with Gasteiger partial charge in [0.15, 0.2) is 0 Å². The number of hydrogen-bond acceptors (Lipinski definition) is 2. The summed E-state index contributed by atoms with van der Waals surface area (Å²) in [5, 5.41) is 0.753. The van der Waals surface area contributed by atoms with Gasteiger partial charge in [0, 0.05) is 20.3 Å². The third-order valence-electron chi connectivity index (χ3n) is 2.06. The Labute approximate surface area is 106 Å². The molecule has 0 saturated carbocycles. The van der Waals surface area contributed by atoms with Gasteiger partial charge in [-0.1, -0.05) is 39.7 Å². The fourth-order valence-electron chi connectivity index (χ4n) is 1.23. The quantitative estimate of drug-likeness (QED) is 0.718. The van der Waals surface area contributed by atoms with Gasteiger partial charge >= 0.3 is 0 Å². The second-order valence-electron chi connectivity index (χ2n) is 3.24. The summed E-state index contributed by atoms with van der Waals surface area (Å²) in [5.74, 6) is 0. The van der Waals surface area contributed by atoms with Gasteiger partial charge in [0.2, 0.25) is 0 Å².